The van der Waals surface area contributed by atoms with Crippen molar-refractivity contribution >= 4 is 57.6 Å². The molecule has 1 aromatic rings. The minimum atomic E-state index is -3.46. The van der Waals surface area contributed by atoms with E-state index in [1.54, 1.807) is 12.1 Å². The van der Waals surface area contributed by atoms with E-state index in [9.17, 15) is 8.42 Å². The van der Waals surface area contributed by atoms with Crippen LogP contribution >= 0.6 is 47.8 Å². The third-order valence-electron chi connectivity index (χ3n) is 1.29. The smallest absolute Gasteiger partial charge is 0.233 e. The van der Waals surface area contributed by atoms with E-state index in [0.717, 1.165) is 0 Å². The maximum atomic E-state index is 11.7. The molecular weight excluding hydrogens is 411 g/mol. The van der Waals surface area contributed by atoms with Gasteiger partial charge in [-0.3, -0.25) is 0 Å². The average Bonchev–Trinajstić information content (AvgIpc) is 2.04. The molecule has 14 heavy (non-hydrogen) atoms. The summed E-state index contributed by atoms with van der Waals surface area (Å²) in [7, 11) is -3.46. The van der Waals surface area contributed by atoms with Crippen molar-refractivity contribution in [3.05, 3.63) is 30.3 Å². The first kappa shape index (κ1) is 15.6. The van der Waals surface area contributed by atoms with Crippen LogP contribution in [-0.2, 0) is 9.84 Å². The molecule has 0 heterocycles. The van der Waals surface area contributed by atoms with E-state index < -0.39 is 11.3 Å². The molecule has 0 N–H and O–H groups in total. The summed E-state index contributed by atoms with van der Waals surface area (Å²) < 4.78 is 22.1. The minimum Gasteiger partial charge on any atom is -0.233 e. The number of hydrogen-bond acceptors (Lipinski definition) is 2. The normalized spacial score (nSPS) is 11.9. The van der Waals surface area contributed by atoms with Gasteiger partial charge in [0.2, 0.25) is 1.47 Å². The van der Waals surface area contributed by atoms with Crippen LogP contribution in [-0.4, -0.2) is 9.89 Å². The Morgan fingerprint density at radius 1 is 1.29 bits per heavy atom. The van der Waals surface area contributed by atoms with Crippen molar-refractivity contribution < 1.29 is 38.0 Å². The summed E-state index contributed by atoms with van der Waals surface area (Å²) in [6, 6.07) is 8.87. The number of halogens is 3. The van der Waals surface area contributed by atoms with Gasteiger partial charge in [-0.1, -0.05) is 0 Å². The molecule has 0 saturated carbocycles. The molecule has 2 nitrogen and oxygen atoms in total. The first-order valence-electron chi connectivity index (χ1n) is 3.13. The van der Waals surface area contributed by atoms with Gasteiger partial charge in [-0.2, -0.15) is 30.3 Å². The molecule has 0 amide bonds. The molecule has 0 aliphatic carbocycles. The third-order valence-corrected chi connectivity index (χ3v) is 6.61. The van der Waals surface area contributed by atoms with Crippen LogP contribution in [0.1, 0.15) is 0 Å². The molecule has 0 atom stereocenters. The van der Waals surface area contributed by atoms with Gasteiger partial charge >= 0.3 is 29.6 Å². The molecule has 7 heteroatoms. The molecule has 1 rings (SSSR count). The number of benzene rings is 1. The quantitative estimate of drug-likeness (QED) is 0.370. The number of alkyl halides is 3. The molecule has 0 aliphatic rings. The minimum absolute atomic E-state index is 0. The van der Waals surface area contributed by atoms with Crippen LogP contribution in [0.4, 0.5) is 0 Å². The first-order chi connectivity index (χ1) is 5.86. The van der Waals surface area contributed by atoms with E-state index in [1.807, 2.05) is 0 Å². The number of rotatable bonds is 1. The zero-order valence-electron chi connectivity index (χ0n) is 7.17. The molecule has 0 radical (unpaired) electrons. The molecule has 0 aliphatic heterocycles. The Morgan fingerprint density at radius 2 is 1.86 bits per heavy atom. The van der Waals surface area contributed by atoms with Gasteiger partial charge in [-0.05, 0) is 52.7 Å². The van der Waals surface area contributed by atoms with E-state index in [2.05, 4.69) is 53.9 Å². The van der Waals surface area contributed by atoms with Crippen LogP contribution in [0.2, 0.25) is 0 Å². The summed E-state index contributed by atoms with van der Waals surface area (Å²) in [5.41, 5.74) is 0. The second kappa shape index (κ2) is 5.80. The molecule has 0 unspecified atom stereocenters. The maximum Gasteiger partial charge on any atom is 1.00 e. The van der Waals surface area contributed by atoms with Crippen LogP contribution in [0, 0.1) is 6.07 Å². The van der Waals surface area contributed by atoms with Gasteiger partial charge in [0.25, 0.3) is 0 Å². The molecule has 0 bridgehead atoms. The van der Waals surface area contributed by atoms with Gasteiger partial charge in [0.1, 0.15) is 0 Å². The van der Waals surface area contributed by atoms with Crippen LogP contribution in [0.5, 0.6) is 0 Å². The van der Waals surface area contributed by atoms with Crippen molar-refractivity contribution in [3.63, 3.8) is 0 Å². The summed E-state index contributed by atoms with van der Waals surface area (Å²) in [6.07, 6.45) is 0. The first-order valence-corrected chi connectivity index (χ1v) is 6.99. The molecule has 0 saturated heterocycles. The van der Waals surface area contributed by atoms with Crippen LogP contribution in [0.25, 0.3) is 0 Å². The molecule has 72 valence electrons. The van der Waals surface area contributed by atoms with Crippen molar-refractivity contribution in [2.75, 3.05) is 0 Å². The Bertz CT molecular complexity index is 385. The summed E-state index contributed by atoms with van der Waals surface area (Å²) >= 11 is 8.90. The zero-order chi connectivity index (χ0) is 10.1. The van der Waals surface area contributed by atoms with Crippen molar-refractivity contribution in [2.45, 2.75) is 6.37 Å². The topological polar surface area (TPSA) is 34.1 Å². The predicted molar refractivity (Wildman–Crippen MR) is 62.0 cm³/mol. The van der Waals surface area contributed by atoms with E-state index in [-0.39, 0.29) is 34.5 Å². The van der Waals surface area contributed by atoms with Crippen LogP contribution < -0.4 is 29.6 Å². The predicted octanol–water partition coefficient (Wildman–Crippen LogP) is 0.0605. The van der Waals surface area contributed by atoms with Crippen molar-refractivity contribution in [3.8, 4) is 0 Å². The van der Waals surface area contributed by atoms with Gasteiger partial charge in [0.15, 0.2) is 9.84 Å². The van der Waals surface area contributed by atoms with Crippen molar-refractivity contribution in [2.24, 2.45) is 0 Å². The Balaban J connectivity index is 0.00000169. The summed E-state index contributed by atoms with van der Waals surface area (Å²) in [4.78, 5) is 0.195. The van der Waals surface area contributed by atoms with Gasteiger partial charge in [-0.25, -0.2) is 8.42 Å². The fourth-order valence-corrected chi connectivity index (χ4v) is 3.11. The summed E-state index contributed by atoms with van der Waals surface area (Å²) in [5.74, 6) is 0. The number of sulfone groups is 1. The molecule has 1 aromatic carbocycles. The van der Waals surface area contributed by atoms with E-state index >= 15 is 0 Å². The molecule has 0 spiro atoms. The van der Waals surface area contributed by atoms with E-state index in [1.165, 1.54) is 12.1 Å². The van der Waals surface area contributed by atoms with Gasteiger partial charge in [0, 0.05) is 0 Å². The van der Waals surface area contributed by atoms with Gasteiger partial charge in [-0.15, -0.1) is 0 Å². The van der Waals surface area contributed by atoms with Crippen LogP contribution in [0.15, 0.2) is 29.2 Å². The second-order valence-electron chi connectivity index (χ2n) is 2.19. The van der Waals surface area contributed by atoms with Gasteiger partial charge in [0.05, 0.1) is 0 Å². The van der Waals surface area contributed by atoms with Crippen molar-refractivity contribution in [1.82, 2.24) is 0 Å². The third kappa shape index (κ3) is 3.57. The largest absolute Gasteiger partial charge is 1.00 e. The fourth-order valence-electron chi connectivity index (χ4n) is 0.678. The van der Waals surface area contributed by atoms with Crippen LogP contribution in [0.3, 0.4) is 0 Å². The molecule has 0 fully saturated rings. The monoisotopic (exact) mass is 412 g/mol. The van der Waals surface area contributed by atoms with E-state index in [0.29, 0.717) is 0 Å². The Kier molecular flexibility index (Phi) is 6.46. The summed E-state index contributed by atoms with van der Waals surface area (Å²) in [5, 5.41) is 0. The van der Waals surface area contributed by atoms with Gasteiger partial charge < -0.3 is 0 Å². The second-order valence-corrected chi connectivity index (χ2v) is 12.6. The Hall–Kier alpha value is 1.61. The summed E-state index contributed by atoms with van der Waals surface area (Å²) in [6.45, 7) is 0. The molecular formula is C7H4Br3NaO2S. The zero-order valence-corrected chi connectivity index (χ0v) is 14.7. The average molecular weight is 415 g/mol. The Morgan fingerprint density at radius 3 is 2.21 bits per heavy atom. The SMILES string of the molecule is O=S(=O)(c1c[c-]ccc1)C(Br)(Br)Br.[Na+]. The fraction of sp³-hybridized carbons (Fsp3) is 0.143. The molecule has 0 aromatic heterocycles. The van der Waals surface area contributed by atoms with E-state index in [4.69, 9.17) is 0 Å². The maximum absolute atomic E-state index is 11.7. The Labute approximate surface area is 130 Å². The number of hydrogen-bond donors (Lipinski definition) is 0. The van der Waals surface area contributed by atoms with Crippen molar-refractivity contribution in [1.29, 1.82) is 0 Å². The standard InChI is InChI=1S/C7H4Br3O2S.Na/c8-7(9,10)13(11,12)6-4-2-1-3-5-6;/h1-2,4-5H;/q-1;+1.